The highest BCUT2D eigenvalue weighted by Gasteiger charge is 1.87. The van der Waals surface area contributed by atoms with E-state index in [9.17, 15) is 0 Å². The molecule has 0 aliphatic carbocycles. The first-order chi connectivity index (χ1) is 2.77. The molecular formula is C2H11NOSi2. The summed E-state index contributed by atoms with van der Waals surface area (Å²) in [5.41, 5.74) is 5.71. The first kappa shape index (κ1) is 6.35. The van der Waals surface area contributed by atoms with E-state index >= 15 is 0 Å². The van der Waals surface area contributed by atoms with E-state index in [4.69, 9.17) is 9.85 Å². The molecule has 0 heterocycles. The number of rotatable bonds is 2. The lowest BCUT2D eigenvalue weighted by Gasteiger charge is -1.97. The van der Waals surface area contributed by atoms with Crippen LogP contribution in [0.4, 0.5) is 0 Å². The van der Waals surface area contributed by atoms with Gasteiger partial charge in [-0.2, -0.15) is 0 Å². The minimum Gasteiger partial charge on any atom is -0.467 e. The Morgan fingerprint density at radius 2 is 2.50 bits per heavy atom. The van der Waals surface area contributed by atoms with Gasteiger partial charge in [0.05, 0.1) is 0 Å². The van der Waals surface area contributed by atoms with Crippen LogP contribution in [0.25, 0.3) is 0 Å². The van der Waals surface area contributed by atoms with Crippen molar-refractivity contribution < 1.29 is 4.12 Å². The highest BCUT2D eigenvalue weighted by molar-refractivity contribution is 6.35. The smallest absolute Gasteiger partial charge is 0.162 e. The van der Waals surface area contributed by atoms with Crippen LogP contribution in [-0.4, -0.2) is 25.9 Å². The fraction of sp³-hybridized carbons (Fsp3) is 1.00. The maximum absolute atomic E-state index is 5.36. The number of hydrogen-bond acceptors (Lipinski definition) is 2. The summed E-state index contributed by atoms with van der Waals surface area (Å²) in [6.07, 6.45) is 0. The van der Waals surface area contributed by atoms with Gasteiger partial charge in [-0.3, -0.25) is 0 Å². The summed E-state index contributed by atoms with van der Waals surface area (Å²) >= 11 is 0. The van der Waals surface area contributed by atoms with Crippen LogP contribution in [-0.2, 0) is 4.12 Å². The van der Waals surface area contributed by atoms with Gasteiger partial charge in [0.25, 0.3) is 0 Å². The molecule has 0 rings (SSSR count). The molecule has 0 aliphatic rings. The molecule has 0 aromatic carbocycles. The van der Waals surface area contributed by atoms with Gasteiger partial charge in [-0.05, 0) is 0 Å². The van der Waals surface area contributed by atoms with Crippen LogP contribution in [0.15, 0.2) is 0 Å². The summed E-state index contributed by atoms with van der Waals surface area (Å²) in [6.45, 7) is 1.99. The molecule has 38 valence electrons. The first-order valence-corrected chi connectivity index (χ1v) is 4.23. The van der Waals surface area contributed by atoms with Crippen LogP contribution in [0.5, 0.6) is 0 Å². The van der Waals surface area contributed by atoms with E-state index < -0.39 is 0 Å². The molecule has 0 saturated heterocycles. The van der Waals surface area contributed by atoms with Crippen LogP contribution < -0.4 is 5.73 Å². The summed E-state index contributed by atoms with van der Waals surface area (Å²) in [5, 5.41) is 0. The lowest BCUT2D eigenvalue weighted by molar-refractivity contribution is 0.642. The Morgan fingerprint density at radius 3 is 2.50 bits per heavy atom. The molecule has 0 aliphatic heterocycles. The van der Waals surface area contributed by atoms with E-state index in [2.05, 4.69) is 0 Å². The van der Waals surface area contributed by atoms with E-state index in [0.29, 0.717) is 5.67 Å². The summed E-state index contributed by atoms with van der Waals surface area (Å²) in [4.78, 5) is 0. The maximum Gasteiger partial charge on any atom is 0.162 e. The minimum absolute atomic E-state index is 0.304. The third-order valence-electron chi connectivity index (χ3n) is 0.430. The third kappa shape index (κ3) is 4.35. The second-order valence-corrected chi connectivity index (χ2v) is 5.36. The molecule has 0 bridgehead atoms. The molecule has 1 atom stereocenters. The normalized spacial score (nSPS) is 17.0. The summed E-state index contributed by atoms with van der Waals surface area (Å²) < 4.78 is 4.96. The van der Waals surface area contributed by atoms with Gasteiger partial charge in [-0.15, -0.1) is 0 Å². The predicted octanol–water partition coefficient (Wildman–Crippen LogP) is -2.33. The van der Waals surface area contributed by atoms with Crippen molar-refractivity contribution in [3.8, 4) is 0 Å². The molecule has 0 amide bonds. The standard InChI is InChI=1S/C2H11NOSi2/c1-2(3)6-4-5/h2H,3,6H2,1,5H3. The zero-order chi connectivity index (χ0) is 4.99. The average molecular weight is 121 g/mol. The molecule has 0 aromatic heterocycles. The molecule has 4 heteroatoms. The molecule has 2 nitrogen and oxygen atoms in total. The van der Waals surface area contributed by atoms with Crippen molar-refractivity contribution in [3.63, 3.8) is 0 Å². The maximum atomic E-state index is 5.36. The van der Waals surface area contributed by atoms with Gasteiger partial charge in [-0.1, -0.05) is 6.92 Å². The van der Waals surface area contributed by atoms with E-state index in [1.165, 1.54) is 0 Å². The molecule has 0 saturated carbocycles. The number of hydrogen-bond donors (Lipinski definition) is 1. The Hall–Kier alpha value is 0.354. The second kappa shape index (κ2) is 3.54. The zero-order valence-corrected chi connectivity index (χ0v) is 7.68. The lowest BCUT2D eigenvalue weighted by atomic mass is 10.8. The molecule has 1 unspecified atom stereocenters. The molecule has 6 heavy (non-hydrogen) atoms. The Kier molecular flexibility index (Phi) is 3.75. The Bertz CT molecular complexity index is 32.7. The molecule has 0 radical (unpaired) electrons. The molecule has 0 fully saturated rings. The largest absolute Gasteiger partial charge is 0.467 e. The molecule has 0 aromatic rings. The SMILES string of the molecule is CC(N)[SiH2]O[SiH3]. The van der Waals surface area contributed by atoms with Crippen LogP contribution in [0.3, 0.4) is 0 Å². The Balaban J connectivity index is 2.63. The zero-order valence-electron chi connectivity index (χ0n) is 4.27. The van der Waals surface area contributed by atoms with Gasteiger partial charge in [0.2, 0.25) is 0 Å². The van der Waals surface area contributed by atoms with Crippen LogP contribution in [0.2, 0.25) is 0 Å². The molecule has 2 N–H and O–H groups in total. The molecular weight excluding hydrogens is 110 g/mol. The third-order valence-corrected chi connectivity index (χ3v) is 2.29. The van der Waals surface area contributed by atoms with E-state index in [0.717, 1.165) is 10.5 Å². The van der Waals surface area contributed by atoms with Crippen molar-refractivity contribution in [2.75, 3.05) is 0 Å². The second-order valence-electron chi connectivity index (χ2n) is 1.43. The quantitative estimate of drug-likeness (QED) is 0.416. The fourth-order valence-electron chi connectivity index (χ4n) is 0.263. The summed E-state index contributed by atoms with van der Waals surface area (Å²) in [6, 6.07) is 0. The van der Waals surface area contributed by atoms with Crippen LogP contribution in [0, 0.1) is 0 Å². The van der Waals surface area contributed by atoms with E-state index in [-0.39, 0.29) is 9.76 Å². The fourth-order valence-corrected chi connectivity index (χ4v) is 2.37. The van der Waals surface area contributed by atoms with E-state index in [1.54, 1.807) is 0 Å². The number of nitrogens with two attached hydrogens (primary N) is 1. The van der Waals surface area contributed by atoms with Gasteiger partial charge in [0, 0.05) is 5.67 Å². The minimum atomic E-state index is -0.304. The Morgan fingerprint density at radius 1 is 2.00 bits per heavy atom. The van der Waals surface area contributed by atoms with Crippen molar-refractivity contribution in [2.45, 2.75) is 12.6 Å². The van der Waals surface area contributed by atoms with Gasteiger partial charge < -0.3 is 9.85 Å². The summed E-state index contributed by atoms with van der Waals surface area (Å²) in [7, 11) is 0.565. The van der Waals surface area contributed by atoms with Crippen molar-refractivity contribution >= 4 is 20.2 Å². The highest BCUT2D eigenvalue weighted by atomic mass is 28.3. The van der Waals surface area contributed by atoms with Crippen molar-refractivity contribution in [2.24, 2.45) is 5.73 Å². The highest BCUT2D eigenvalue weighted by Crippen LogP contribution is 1.65. The lowest BCUT2D eigenvalue weighted by Crippen LogP contribution is -2.24. The monoisotopic (exact) mass is 121 g/mol. The van der Waals surface area contributed by atoms with Crippen molar-refractivity contribution in [3.05, 3.63) is 0 Å². The summed E-state index contributed by atoms with van der Waals surface area (Å²) in [5.74, 6) is 0. The van der Waals surface area contributed by atoms with Gasteiger partial charge in [0.1, 0.15) is 10.5 Å². The van der Waals surface area contributed by atoms with Crippen molar-refractivity contribution in [1.82, 2.24) is 0 Å². The molecule has 0 spiro atoms. The average Bonchev–Trinajstić information content (AvgIpc) is 1.35. The van der Waals surface area contributed by atoms with Crippen LogP contribution in [0.1, 0.15) is 6.92 Å². The van der Waals surface area contributed by atoms with E-state index in [1.807, 2.05) is 6.92 Å². The topological polar surface area (TPSA) is 35.2 Å². The van der Waals surface area contributed by atoms with Crippen LogP contribution >= 0.6 is 0 Å². The van der Waals surface area contributed by atoms with Gasteiger partial charge in [-0.25, -0.2) is 0 Å². The van der Waals surface area contributed by atoms with Gasteiger partial charge in [0.15, 0.2) is 9.76 Å². The first-order valence-electron chi connectivity index (χ1n) is 2.02. The van der Waals surface area contributed by atoms with Gasteiger partial charge >= 0.3 is 0 Å². The Labute approximate surface area is 43.5 Å². The van der Waals surface area contributed by atoms with Crippen molar-refractivity contribution in [1.29, 1.82) is 0 Å². The predicted molar refractivity (Wildman–Crippen MR) is 33.2 cm³/mol.